The lowest BCUT2D eigenvalue weighted by Gasteiger charge is -2.36. The third kappa shape index (κ3) is 2.41. The summed E-state index contributed by atoms with van der Waals surface area (Å²) in [6.07, 6.45) is 2.16. The maximum atomic E-state index is 6.03. The molecule has 0 spiro atoms. The molecule has 1 fully saturated rings. The molecule has 0 bridgehead atoms. The highest BCUT2D eigenvalue weighted by Gasteiger charge is 2.26. The molecule has 0 saturated carbocycles. The summed E-state index contributed by atoms with van der Waals surface area (Å²) in [6.45, 7) is 1.09. The van der Waals surface area contributed by atoms with Gasteiger partial charge in [0.1, 0.15) is 0 Å². The van der Waals surface area contributed by atoms with Crippen LogP contribution in [-0.4, -0.2) is 24.5 Å². The normalized spacial score (nSPS) is 27.9. The lowest BCUT2D eigenvalue weighted by molar-refractivity contribution is 0.171. The molecule has 0 aromatic heterocycles. The zero-order chi connectivity index (χ0) is 10.8. The van der Waals surface area contributed by atoms with Gasteiger partial charge < -0.3 is 5.73 Å². The summed E-state index contributed by atoms with van der Waals surface area (Å²) in [5.74, 6) is 0. The summed E-state index contributed by atoms with van der Waals surface area (Å²) < 4.78 is 1.19. The molecule has 1 aromatic carbocycles. The van der Waals surface area contributed by atoms with E-state index in [1.54, 1.807) is 0 Å². The van der Waals surface area contributed by atoms with E-state index in [0.29, 0.717) is 12.1 Å². The Hall–Kier alpha value is -0.380. The van der Waals surface area contributed by atoms with Crippen LogP contribution in [0.25, 0.3) is 0 Å². The Labute approximate surface area is 99.6 Å². The Kier molecular flexibility index (Phi) is 3.44. The van der Waals surface area contributed by atoms with E-state index in [2.05, 4.69) is 52.1 Å². The topological polar surface area (TPSA) is 29.3 Å². The maximum Gasteiger partial charge on any atom is 0.0370 e. The molecule has 1 aliphatic heterocycles. The van der Waals surface area contributed by atoms with Crippen LogP contribution in [0.4, 0.5) is 0 Å². The molecule has 1 aliphatic rings. The van der Waals surface area contributed by atoms with Crippen molar-refractivity contribution in [3.8, 4) is 0 Å². The molecule has 2 nitrogen and oxygen atoms in total. The first kappa shape index (κ1) is 11.1. The van der Waals surface area contributed by atoms with Gasteiger partial charge in [0, 0.05) is 16.6 Å². The largest absolute Gasteiger partial charge is 0.328 e. The van der Waals surface area contributed by atoms with Crippen molar-refractivity contribution in [2.24, 2.45) is 5.73 Å². The number of nitrogens with two attached hydrogens (primary N) is 1. The minimum atomic E-state index is 0.346. The maximum absolute atomic E-state index is 6.03. The SMILES string of the molecule is CN1CCC(N)CC1c1ccccc1Br. The molecule has 2 rings (SSSR count). The van der Waals surface area contributed by atoms with Crippen LogP contribution >= 0.6 is 15.9 Å². The van der Waals surface area contributed by atoms with Crippen LogP contribution in [0.5, 0.6) is 0 Å². The first-order valence-corrected chi connectivity index (χ1v) is 6.18. The average Bonchev–Trinajstić information content (AvgIpc) is 2.23. The number of halogens is 1. The van der Waals surface area contributed by atoms with Crippen molar-refractivity contribution in [3.63, 3.8) is 0 Å². The average molecular weight is 269 g/mol. The van der Waals surface area contributed by atoms with Gasteiger partial charge in [0.25, 0.3) is 0 Å². The fourth-order valence-corrected chi connectivity index (χ4v) is 2.77. The van der Waals surface area contributed by atoms with E-state index < -0.39 is 0 Å². The third-order valence-corrected chi connectivity index (χ3v) is 3.90. The van der Waals surface area contributed by atoms with Gasteiger partial charge in [-0.05, 0) is 38.1 Å². The van der Waals surface area contributed by atoms with Gasteiger partial charge in [-0.3, -0.25) is 4.90 Å². The Balaban J connectivity index is 2.25. The first-order valence-electron chi connectivity index (χ1n) is 5.38. The molecule has 2 N–H and O–H groups in total. The van der Waals surface area contributed by atoms with Crippen LogP contribution in [-0.2, 0) is 0 Å². The number of benzene rings is 1. The van der Waals surface area contributed by atoms with E-state index in [4.69, 9.17) is 5.73 Å². The van der Waals surface area contributed by atoms with Gasteiger partial charge in [-0.25, -0.2) is 0 Å². The Morgan fingerprint density at radius 2 is 2.13 bits per heavy atom. The molecule has 1 aromatic rings. The van der Waals surface area contributed by atoms with Gasteiger partial charge in [0.15, 0.2) is 0 Å². The van der Waals surface area contributed by atoms with Gasteiger partial charge in [-0.2, -0.15) is 0 Å². The van der Waals surface area contributed by atoms with Crippen molar-refractivity contribution < 1.29 is 0 Å². The van der Waals surface area contributed by atoms with E-state index in [1.807, 2.05) is 0 Å². The van der Waals surface area contributed by atoms with Crippen LogP contribution in [0.15, 0.2) is 28.7 Å². The van der Waals surface area contributed by atoms with E-state index in [1.165, 1.54) is 10.0 Å². The van der Waals surface area contributed by atoms with Crippen molar-refractivity contribution in [1.82, 2.24) is 4.90 Å². The molecule has 1 saturated heterocycles. The predicted octanol–water partition coefficient (Wildman–Crippen LogP) is 2.54. The van der Waals surface area contributed by atoms with Crippen LogP contribution in [0.3, 0.4) is 0 Å². The Morgan fingerprint density at radius 1 is 1.40 bits per heavy atom. The summed E-state index contributed by atoms with van der Waals surface area (Å²) in [5, 5.41) is 0. The van der Waals surface area contributed by atoms with Crippen LogP contribution < -0.4 is 5.73 Å². The number of nitrogens with zero attached hydrogens (tertiary/aromatic N) is 1. The van der Waals surface area contributed by atoms with Gasteiger partial charge in [0.2, 0.25) is 0 Å². The summed E-state index contributed by atoms with van der Waals surface area (Å²) >= 11 is 3.61. The second-order valence-electron chi connectivity index (χ2n) is 4.30. The van der Waals surface area contributed by atoms with Crippen LogP contribution in [0, 0.1) is 0 Å². The molecule has 0 aliphatic carbocycles. The van der Waals surface area contributed by atoms with Gasteiger partial charge in [0.05, 0.1) is 0 Å². The van der Waals surface area contributed by atoms with E-state index >= 15 is 0 Å². The zero-order valence-corrected chi connectivity index (χ0v) is 10.6. The number of hydrogen-bond acceptors (Lipinski definition) is 2. The lowest BCUT2D eigenvalue weighted by Crippen LogP contribution is -2.40. The quantitative estimate of drug-likeness (QED) is 0.849. The van der Waals surface area contributed by atoms with Gasteiger partial charge in [-0.15, -0.1) is 0 Å². The highest BCUT2D eigenvalue weighted by Crippen LogP contribution is 2.33. The third-order valence-electron chi connectivity index (χ3n) is 3.17. The van der Waals surface area contributed by atoms with Gasteiger partial charge in [-0.1, -0.05) is 34.1 Å². The molecule has 0 radical (unpaired) electrons. The number of hydrogen-bond donors (Lipinski definition) is 1. The Bertz CT molecular complexity index is 340. The zero-order valence-electron chi connectivity index (χ0n) is 8.99. The van der Waals surface area contributed by atoms with Crippen molar-refractivity contribution in [1.29, 1.82) is 0 Å². The molecule has 15 heavy (non-hydrogen) atoms. The molecule has 2 atom stereocenters. The van der Waals surface area contributed by atoms with Gasteiger partial charge >= 0.3 is 0 Å². The summed E-state index contributed by atoms with van der Waals surface area (Å²) in [4.78, 5) is 2.39. The number of rotatable bonds is 1. The molecule has 3 heteroatoms. The van der Waals surface area contributed by atoms with Crippen molar-refractivity contribution >= 4 is 15.9 Å². The second kappa shape index (κ2) is 4.64. The summed E-state index contributed by atoms with van der Waals surface area (Å²) in [6, 6.07) is 9.24. The second-order valence-corrected chi connectivity index (χ2v) is 5.16. The standard InChI is InChI=1S/C12H17BrN2/c1-15-7-6-9(14)8-12(15)10-4-2-3-5-11(10)13/h2-5,9,12H,6-8,14H2,1H3. The van der Waals surface area contributed by atoms with Crippen molar-refractivity contribution in [2.75, 3.05) is 13.6 Å². The molecule has 0 amide bonds. The molecular weight excluding hydrogens is 252 g/mol. The highest BCUT2D eigenvalue weighted by atomic mass is 79.9. The fourth-order valence-electron chi connectivity index (χ4n) is 2.22. The van der Waals surface area contributed by atoms with E-state index in [0.717, 1.165) is 19.4 Å². The monoisotopic (exact) mass is 268 g/mol. The van der Waals surface area contributed by atoms with Crippen molar-refractivity contribution in [2.45, 2.75) is 24.9 Å². The summed E-state index contributed by atoms with van der Waals surface area (Å²) in [7, 11) is 2.18. The Morgan fingerprint density at radius 3 is 2.87 bits per heavy atom. The fraction of sp³-hybridized carbons (Fsp3) is 0.500. The van der Waals surface area contributed by atoms with E-state index in [9.17, 15) is 0 Å². The number of piperidine rings is 1. The minimum Gasteiger partial charge on any atom is -0.328 e. The van der Waals surface area contributed by atoms with Crippen molar-refractivity contribution in [3.05, 3.63) is 34.3 Å². The summed E-state index contributed by atoms with van der Waals surface area (Å²) in [5.41, 5.74) is 7.39. The minimum absolute atomic E-state index is 0.346. The molecule has 1 heterocycles. The van der Waals surface area contributed by atoms with Crippen LogP contribution in [0.1, 0.15) is 24.4 Å². The lowest BCUT2D eigenvalue weighted by atomic mass is 9.93. The number of likely N-dealkylation sites (tertiary alicyclic amines) is 1. The predicted molar refractivity (Wildman–Crippen MR) is 66.7 cm³/mol. The molecule has 82 valence electrons. The highest BCUT2D eigenvalue weighted by molar-refractivity contribution is 9.10. The van der Waals surface area contributed by atoms with Crippen LogP contribution in [0.2, 0.25) is 0 Å². The smallest absolute Gasteiger partial charge is 0.0370 e. The molecule has 2 unspecified atom stereocenters. The first-order chi connectivity index (χ1) is 7.18. The molecular formula is C12H17BrN2. The van der Waals surface area contributed by atoms with E-state index in [-0.39, 0.29) is 0 Å².